The van der Waals surface area contributed by atoms with Gasteiger partial charge in [-0.15, -0.1) is 0 Å². The Kier molecular flexibility index (Phi) is 3.78. The van der Waals surface area contributed by atoms with Gasteiger partial charge in [0.25, 0.3) is 5.56 Å². The Morgan fingerprint density at radius 1 is 1.53 bits per heavy atom. The van der Waals surface area contributed by atoms with Gasteiger partial charge in [-0.2, -0.15) is 0 Å². The minimum atomic E-state index is -0.0599. The van der Waals surface area contributed by atoms with Crippen LogP contribution >= 0.6 is 0 Å². The summed E-state index contributed by atoms with van der Waals surface area (Å²) in [7, 11) is 0. The van der Waals surface area contributed by atoms with Crippen molar-refractivity contribution < 1.29 is 5.11 Å². The normalized spacial score (nSPS) is 20.6. The summed E-state index contributed by atoms with van der Waals surface area (Å²) in [5, 5.41) is 9.36. The second-order valence-electron chi connectivity index (χ2n) is 4.37. The molecular formula is C12H19N3O2. The highest BCUT2D eigenvalue weighted by molar-refractivity contribution is 5.37. The van der Waals surface area contributed by atoms with Crippen molar-refractivity contribution in [2.45, 2.75) is 38.8 Å². The summed E-state index contributed by atoms with van der Waals surface area (Å²) in [6.45, 7) is 3.47. The molecule has 17 heavy (non-hydrogen) atoms. The van der Waals surface area contributed by atoms with Gasteiger partial charge in [0, 0.05) is 25.5 Å². The van der Waals surface area contributed by atoms with Crippen LogP contribution in [-0.4, -0.2) is 33.9 Å². The molecule has 1 N–H and O–H groups in total. The third-order valence-corrected chi connectivity index (χ3v) is 3.35. The number of nitrogens with zero attached hydrogens (tertiary/aromatic N) is 3. The maximum atomic E-state index is 12.1. The lowest BCUT2D eigenvalue weighted by Crippen LogP contribution is -2.45. The maximum Gasteiger partial charge on any atom is 0.293 e. The van der Waals surface area contributed by atoms with Crippen LogP contribution in [0, 0.1) is 0 Å². The summed E-state index contributed by atoms with van der Waals surface area (Å²) >= 11 is 0. The first-order valence-electron chi connectivity index (χ1n) is 6.21. The van der Waals surface area contributed by atoms with Crippen molar-refractivity contribution in [3.05, 3.63) is 22.7 Å². The highest BCUT2D eigenvalue weighted by Crippen LogP contribution is 2.20. The van der Waals surface area contributed by atoms with Gasteiger partial charge in [0.05, 0.1) is 12.6 Å². The molecule has 1 atom stereocenters. The SMILES string of the molecule is CCn1ccnc(N2CCCCC2CO)c1=O. The van der Waals surface area contributed by atoms with Crippen molar-refractivity contribution in [2.24, 2.45) is 0 Å². The first-order valence-corrected chi connectivity index (χ1v) is 6.21. The number of rotatable bonds is 3. The Morgan fingerprint density at radius 2 is 2.35 bits per heavy atom. The third kappa shape index (κ3) is 2.34. The minimum absolute atomic E-state index is 0.0386. The van der Waals surface area contributed by atoms with Crippen LogP contribution in [0.25, 0.3) is 0 Å². The second-order valence-corrected chi connectivity index (χ2v) is 4.37. The number of aliphatic hydroxyl groups excluding tert-OH is 1. The molecule has 94 valence electrons. The number of piperidine rings is 1. The van der Waals surface area contributed by atoms with Crippen molar-refractivity contribution in [3.8, 4) is 0 Å². The molecule has 1 saturated heterocycles. The molecule has 0 aliphatic carbocycles. The van der Waals surface area contributed by atoms with Crippen molar-refractivity contribution in [2.75, 3.05) is 18.1 Å². The second kappa shape index (κ2) is 5.31. The molecule has 1 aliphatic heterocycles. The van der Waals surface area contributed by atoms with E-state index in [9.17, 15) is 9.90 Å². The lowest BCUT2D eigenvalue weighted by atomic mass is 10.0. The van der Waals surface area contributed by atoms with Crippen molar-refractivity contribution in [1.82, 2.24) is 9.55 Å². The quantitative estimate of drug-likeness (QED) is 0.837. The number of anilines is 1. The fourth-order valence-corrected chi connectivity index (χ4v) is 2.35. The van der Waals surface area contributed by atoms with E-state index in [0.717, 1.165) is 25.8 Å². The first kappa shape index (κ1) is 12.1. The van der Waals surface area contributed by atoms with Gasteiger partial charge >= 0.3 is 0 Å². The Balaban J connectivity index is 2.35. The summed E-state index contributed by atoms with van der Waals surface area (Å²) < 4.78 is 1.64. The smallest absolute Gasteiger partial charge is 0.293 e. The molecule has 0 amide bonds. The standard InChI is InChI=1S/C12H19N3O2/c1-2-14-8-6-13-11(12(14)17)15-7-4-3-5-10(15)9-16/h6,8,10,16H,2-5,7,9H2,1H3. The monoisotopic (exact) mass is 237 g/mol. The molecule has 0 bridgehead atoms. The fraction of sp³-hybridized carbons (Fsp3) is 0.667. The molecule has 1 fully saturated rings. The Bertz CT molecular complexity index is 430. The van der Waals surface area contributed by atoms with Crippen LogP contribution in [0.15, 0.2) is 17.2 Å². The zero-order valence-electron chi connectivity index (χ0n) is 10.2. The zero-order valence-corrected chi connectivity index (χ0v) is 10.2. The van der Waals surface area contributed by atoms with E-state index in [2.05, 4.69) is 4.98 Å². The Labute approximate surface area is 101 Å². The highest BCUT2D eigenvalue weighted by atomic mass is 16.3. The van der Waals surface area contributed by atoms with E-state index < -0.39 is 0 Å². The third-order valence-electron chi connectivity index (χ3n) is 3.35. The van der Waals surface area contributed by atoms with Crippen LogP contribution in [0.4, 0.5) is 5.82 Å². The van der Waals surface area contributed by atoms with E-state index in [4.69, 9.17) is 0 Å². The van der Waals surface area contributed by atoms with Crippen LogP contribution in [-0.2, 0) is 6.54 Å². The molecule has 1 aliphatic rings. The number of hydrogen-bond acceptors (Lipinski definition) is 4. The Hall–Kier alpha value is -1.36. The average molecular weight is 237 g/mol. The number of aryl methyl sites for hydroxylation is 1. The summed E-state index contributed by atoms with van der Waals surface area (Å²) in [5.74, 6) is 0.480. The number of aromatic nitrogens is 2. The van der Waals surface area contributed by atoms with Crippen molar-refractivity contribution in [1.29, 1.82) is 0 Å². The molecule has 0 spiro atoms. The van der Waals surface area contributed by atoms with Gasteiger partial charge in [-0.1, -0.05) is 0 Å². The average Bonchev–Trinajstić information content (AvgIpc) is 2.39. The van der Waals surface area contributed by atoms with Crippen LogP contribution in [0.2, 0.25) is 0 Å². The van der Waals surface area contributed by atoms with Crippen LogP contribution in [0.1, 0.15) is 26.2 Å². The van der Waals surface area contributed by atoms with Crippen LogP contribution < -0.4 is 10.5 Å². The van der Waals surface area contributed by atoms with Gasteiger partial charge in [-0.3, -0.25) is 4.79 Å². The van der Waals surface area contributed by atoms with Gasteiger partial charge in [0.2, 0.25) is 0 Å². The lowest BCUT2D eigenvalue weighted by molar-refractivity contribution is 0.239. The minimum Gasteiger partial charge on any atom is -0.394 e. The molecule has 5 heteroatoms. The summed E-state index contributed by atoms with van der Waals surface area (Å²) in [4.78, 5) is 18.3. The first-order chi connectivity index (χ1) is 8.27. The molecule has 1 aromatic heterocycles. The zero-order chi connectivity index (χ0) is 12.3. The van der Waals surface area contributed by atoms with Crippen molar-refractivity contribution >= 4 is 5.82 Å². The predicted octanol–water partition coefficient (Wildman–Crippen LogP) is 0.614. The van der Waals surface area contributed by atoms with Gasteiger partial charge < -0.3 is 14.6 Å². The van der Waals surface area contributed by atoms with E-state index in [1.54, 1.807) is 17.0 Å². The summed E-state index contributed by atoms with van der Waals surface area (Å²) in [6.07, 6.45) is 6.45. The molecular weight excluding hydrogens is 218 g/mol. The van der Waals surface area contributed by atoms with Gasteiger partial charge in [0.1, 0.15) is 0 Å². The Morgan fingerprint density at radius 3 is 3.06 bits per heavy atom. The van der Waals surface area contributed by atoms with E-state index in [-0.39, 0.29) is 18.2 Å². The number of hydrogen-bond donors (Lipinski definition) is 1. The summed E-state index contributed by atoms with van der Waals surface area (Å²) in [5.41, 5.74) is -0.0599. The predicted molar refractivity (Wildman–Crippen MR) is 66.2 cm³/mol. The lowest BCUT2D eigenvalue weighted by Gasteiger charge is -2.35. The van der Waals surface area contributed by atoms with Crippen LogP contribution in [0.5, 0.6) is 0 Å². The maximum absolute atomic E-state index is 12.1. The highest BCUT2D eigenvalue weighted by Gasteiger charge is 2.25. The van der Waals surface area contributed by atoms with Gasteiger partial charge in [-0.25, -0.2) is 4.98 Å². The topological polar surface area (TPSA) is 58.4 Å². The molecule has 1 unspecified atom stereocenters. The van der Waals surface area contributed by atoms with E-state index in [1.165, 1.54) is 0 Å². The number of aliphatic hydroxyl groups is 1. The molecule has 0 aromatic carbocycles. The molecule has 1 aromatic rings. The van der Waals surface area contributed by atoms with Crippen LogP contribution in [0.3, 0.4) is 0 Å². The van der Waals surface area contributed by atoms with Gasteiger partial charge in [0.15, 0.2) is 5.82 Å². The molecule has 0 saturated carbocycles. The molecule has 0 radical (unpaired) electrons. The summed E-state index contributed by atoms with van der Waals surface area (Å²) in [6, 6.07) is 0.0386. The largest absolute Gasteiger partial charge is 0.394 e. The molecule has 5 nitrogen and oxygen atoms in total. The van der Waals surface area contributed by atoms with Crippen molar-refractivity contribution in [3.63, 3.8) is 0 Å². The van der Waals surface area contributed by atoms with E-state index in [0.29, 0.717) is 12.4 Å². The molecule has 2 heterocycles. The van der Waals surface area contributed by atoms with E-state index >= 15 is 0 Å². The van der Waals surface area contributed by atoms with Gasteiger partial charge in [-0.05, 0) is 26.2 Å². The molecule has 2 rings (SSSR count). The fourth-order valence-electron chi connectivity index (χ4n) is 2.35. The van der Waals surface area contributed by atoms with E-state index in [1.807, 2.05) is 11.8 Å².